The van der Waals surface area contributed by atoms with Gasteiger partial charge in [0.15, 0.2) is 6.17 Å². The summed E-state index contributed by atoms with van der Waals surface area (Å²) >= 11 is 5.95. The number of hydrogen-bond acceptors (Lipinski definition) is 5. The lowest BCUT2D eigenvalue weighted by Gasteiger charge is -2.34. The Balaban J connectivity index is 1.61. The number of methoxy groups -OCH3 is 1. The quantitative estimate of drug-likeness (QED) is 0.447. The molecule has 4 rings (SSSR count). The molecule has 11 heteroatoms. The van der Waals surface area contributed by atoms with E-state index in [1.165, 1.54) is 16.9 Å². The molecule has 2 fully saturated rings. The van der Waals surface area contributed by atoms with Gasteiger partial charge in [0.1, 0.15) is 5.75 Å². The van der Waals surface area contributed by atoms with E-state index in [2.05, 4.69) is 10.6 Å². The minimum Gasteiger partial charge on any atom is -0.497 e. The van der Waals surface area contributed by atoms with Crippen LogP contribution in [0.3, 0.4) is 0 Å². The molecule has 39 heavy (non-hydrogen) atoms. The van der Waals surface area contributed by atoms with E-state index >= 15 is 0 Å². The topological polar surface area (TPSA) is 128 Å². The van der Waals surface area contributed by atoms with Gasteiger partial charge in [0.05, 0.1) is 13.5 Å². The van der Waals surface area contributed by atoms with E-state index in [0.29, 0.717) is 22.0 Å². The summed E-state index contributed by atoms with van der Waals surface area (Å²) in [5, 5.41) is 15.7. The molecule has 208 valence electrons. The van der Waals surface area contributed by atoms with Crippen LogP contribution in [0.25, 0.3) is 0 Å². The molecule has 2 atom stereocenters. The summed E-state index contributed by atoms with van der Waals surface area (Å²) in [5.41, 5.74) is 0.786. The van der Waals surface area contributed by atoms with Crippen molar-refractivity contribution in [2.75, 3.05) is 25.5 Å². The van der Waals surface area contributed by atoms with E-state index in [0.717, 1.165) is 32.1 Å². The predicted molar refractivity (Wildman–Crippen MR) is 146 cm³/mol. The van der Waals surface area contributed by atoms with Gasteiger partial charge in [-0.2, -0.15) is 0 Å². The van der Waals surface area contributed by atoms with Crippen molar-refractivity contribution in [2.24, 2.45) is 5.92 Å². The van der Waals surface area contributed by atoms with E-state index in [1.807, 2.05) is 0 Å². The number of halogens is 1. The number of carbonyl (C=O) groups is 4. The number of aliphatic carboxylic acids is 1. The van der Waals surface area contributed by atoms with Crippen LogP contribution in [0.1, 0.15) is 48.9 Å². The highest BCUT2D eigenvalue weighted by Gasteiger charge is 2.44. The molecule has 0 spiro atoms. The molecule has 2 aliphatic rings. The largest absolute Gasteiger partial charge is 0.497 e. The molecule has 1 saturated heterocycles. The van der Waals surface area contributed by atoms with Crippen LogP contribution in [0.2, 0.25) is 5.02 Å². The average molecular weight is 557 g/mol. The van der Waals surface area contributed by atoms with Crippen LogP contribution >= 0.6 is 11.6 Å². The first kappa shape index (κ1) is 28.2. The highest BCUT2D eigenvalue weighted by molar-refractivity contribution is 6.30. The zero-order valence-electron chi connectivity index (χ0n) is 21.8. The van der Waals surface area contributed by atoms with Crippen molar-refractivity contribution in [3.8, 4) is 5.75 Å². The fraction of sp³-hybridized carbons (Fsp3) is 0.429. The highest BCUT2D eigenvalue weighted by atomic mass is 35.5. The van der Waals surface area contributed by atoms with Gasteiger partial charge in [-0.25, -0.2) is 4.79 Å². The second-order valence-electron chi connectivity index (χ2n) is 9.85. The maximum absolute atomic E-state index is 13.8. The predicted octanol–water partition coefficient (Wildman–Crippen LogP) is 4.20. The first-order chi connectivity index (χ1) is 18.8. The normalized spacial score (nSPS) is 18.4. The molecule has 0 aromatic heterocycles. The van der Waals surface area contributed by atoms with Gasteiger partial charge in [0.25, 0.3) is 11.8 Å². The Kier molecular flexibility index (Phi) is 9.29. The summed E-state index contributed by atoms with van der Waals surface area (Å²) in [6, 6.07) is 11.9. The Morgan fingerprint density at radius 1 is 1.03 bits per heavy atom. The van der Waals surface area contributed by atoms with Crippen molar-refractivity contribution in [3.05, 3.63) is 59.1 Å². The molecule has 1 heterocycles. The Labute approximate surface area is 232 Å². The molecule has 2 unspecified atom stereocenters. The third-order valence-corrected chi connectivity index (χ3v) is 7.53. The Morgan fingerprint density at radius 2 is 1.72 bits per heavy atom. The number of nitrogens with zero attached hydrogens (tertiary/aromatic N) is 2. The number of ether oxygens (including phenoxy) is 1. The Morgan fingerprint density at radius 3 is 2.38 bits per heavy atom. The van der Waals surface area contributed by atoms with Crippen LogP contribution in [0.5, 0.6) is 5.75 Å². The number of amides is 4. The fourth-order valence-corrected chi connectivity index (χ4v) is 5.43. The van der Waals surface area contributed by atoms with E-state index in [4.69, 9.17) is 16.3 Å². The van der Waals surface area contributed by atoms with E-state index in [9.17, 15) is 24.3 Å². The third kappa shape index (κ3) is 7.00. The van der Waals surface area contributed by atoms with Crippen molar-refractivity contribution >= 4 is 41.1 Å². The summed E-state index contributed by atoms with van der Waals surface area (Å²) < 4.78 is 5.24. The first-order valence-corrected chi connectivity index (χ1v) is 13.4. The average Bonchev–Trinajstić information content (AvgIpc) is 3.39. The number of carboxylic acid groups (broad SMARTS) is 1. The summed E-state index contributed by atoms with van der Waals surface area (Å²) in [6.07, 6.45) is 3.15. The molecule has 0 bridgehead atoms. The molecule has 3 N–H and O–H groups in total. The molecule has 2 aromatic rings. The number of benzene rings is 2. The summed E-state index contributed by atoms with van der Waals surface area (Å²) in [6.45, 7) is 0.232. The van der Waals surface area contributed by atoms with Crippen molar-refractivity contribution in [3.63, 3.8) is 0 Å². The molecular formula is C28H33ClN4O6. The van der Waals surface area contributed by atoms with Crippen molar-refractivity contribution < 1.29 is 29.0 Å². The zero-order chi connectivity index (χ0) is 27.9. The summed E-state index contributed by atoms with van der Waals surface area (Å²) in [4.78, 5) is 55.0. The number of rotatable bonds is 8. The smallest absolute Gasteiger partial charge is 0.323 e. The minimum absolute atomic E-state index is 0.0130. The van der Waals surface area contributed by atoms with Crippen molar-refractivity contribution in [1.29, 1.82) is 0 Å². The highest BCUT2D eigenvalue weighted by Crippen LogP contribution is 2.29. The SMILES string of the molecule is COc1cccc(C(=O)N2CCN(C(=O)Nc3ccc(Cl)cc3)C2C(=O)NC(CC(=O)O)C2CCCCC2)c1. The van der Waals surface area contributed by atoms with E-state index in [1.54, 1.807) is 48.5 Å². The number of hydrogen-bond donors (Lipinski definition) is 3. The lowest BCUT2D eigenvalue weighted by molar-refractivity contribution is -0.138. The van der Waals surface area contributed by atoms with Gasteiger partial charge in [-0.3, -0.25) is 19.3 Å². The van der Waals surface area contributed by atoms with E-state index < -0.39 is 36.0 Å². The van der Waals surface area contributed by atoms with Gasteiger partial charge in [-0.15, -0.1) is 0 Å². The number of carboxylic acids is 1. The molecular weight excluding hydrogens is 524 g/mol. The van der Waals surface area contributed by atoms with E-state index in [-0.39, 0.29) is 25.4 Å². The minimum atomic E-state index is -1.27. The number of urea groups is 1. The fourth-order valence-electron chi connectivity index (χ4n) is 5.30. The van der Waals surface area contributed by atoms with Crippen LogP contribution in [-0.2, 0) is 9.59 Å². The monoisotopic (exact) mass is 556 g/mol. The maximum atomic E-state index is 13.8. The third-order valence-electron chi connectivity index (χ3n) is 7.28. The van der Waals surface area contributed by atoms with Crippen LogP contribution in [0, 0.1) is 5.92 Å². The second kappa shape index (κ2) is 12.8. The van der Waals surface area contributed by atoms with Crippen LogP contribution in [0.15, 0.2) is 48.5 Å². The van der Waals surface area contributed by atoms with Crippen molar-refractivity contribution in [1.82, 2.24) is 15.1 Å². The van der Waals surface area contributed by atoms with Crippen LogP contribution in [-0.4, -0.2) is 71.1 Å². The number of carbonyl (C=O) groups excluding carboxylic acids is 3. The van der Waals surface area contributed by atoms with Gasteiger partial charge >= 0.3 is 12.0 Å². The zero-order valence-corrected chi connectivity index (χ0v) is 22.5. The lowest BCUT2D eigenvalue weighted by atomic mass is 9.82. The molecule has 2 aromatic carbocycles. The van der Waals surface area contributed by atoms with Gasteiger partial charge < -0.3 is 25.4 Å². The van der Waals surface area contributed by atoms with Crippen LogP contribution in [0.4, 0.5) is 10.5 Å². The standard InChI is InChI=1S/C28H33ClN4O6/c1-39-22-9-5-8-19(16-22)27(37)32-14-15-33(28(38)30-21-12-10-20(29)11-13-21)26(32)25(36)31-23(17-24(34)35)18-6-3-2-4-7-18/h5,8-13,16,18,23,26H,2-4,6-7,14-15,17H2,1H3,(H,30,38)(H,31,36)(H,34,35). The summed E-state index contributed by atoms with van der Waals surface area (Å²) in [5.74, 6) is -1.55. The molecule has 1 aliphatic carbocycles. The van der Waals surface area contributed by atoms with Gasteiger partial charge in [0.2, 0.25) is 0 Å². The second-order valence-corrected chi connectivity index (χ2v) is 10.3. The van der Waals surface area contributed by atoms with Gasteiger partial charge in [0, 0.05) is 35.4 Å². The lowest BCUT2D eigenvalue weighted by Crippen LogP contribution is -2.57. The maximum Gasteiger partial charge on any atom is 0.323 e. The summed E-state index contributed by atoms with van der Waals surface area (Å²) in [7, 11) is 1.49. The van der Waals surface area contributed by atoms with Gasteiger partial charge in [-0.05, 0) is 61.2 Å². The molecule has 1 saturated carbocycles. The number of anilines is 1. The molecule has 4 amide bonds. The Bertz CT molecular complexity index is 1200. The molecule has 1 aliphatic heterocycles. The van der Waals surface area contributed by atoms with Crippen LogP contribution < -0.4 is 15.4 Å². The molecule has 10 nitrogen and oxygen atoms in total. The number of nitrogens with one attached hydrogen (secondary N) is 2. The van der Waals surface area contributed by atoms with Crippen molar-refractivity contribution in [2.45, 2.75) is 50.7 Å². The Hall–Kier alpha value is -3.79. The first-order valence-electron chi connectivity index (χ1n) is 13.1. The van der Waals surface area contributed by atoms with Gasteiger partial charge in [-0.1, -0.05) is 36.9 Å². The molecule has 0 radical (unpaired) electrons.